The average Bonchev–Trinajstić information content (AvgIpc) is 3.22. The lowest BCUT2D eigenvalue weighted by Crippen LogP contribution is -3.15. The standard InChI is InChI=1S/C20H23N3O2S/c24-19(23-8-7-16-4-1-2-5-17(16)14-23)15-21-9-11-22(12-10-21)20(25)18-6-3-13-26-18/h1-6,13H,7-12,14-15H2/p+1. The molecule has 0 bridgehead atoms. The van der Waals surface area contributed by atoms with Crippen LogP contribution in [-0.4, -0.2) is 60.9 Å². The van der Waals surface area contributed by atoms with Gasteiger partial charge in [0.2, 0.25) is 0 Å². The van der Waals surface area contributed by atoms with Crippen LogP contribution in [0.2, 0.25) is 0 Å². The number of quaternary nitrogens is 1. The zero-order valence-corrected chi connectivity index (χ0v) is 15.6. The molecule has 26 heavy (non-hydrogen) atoms. The lowest BCUT2D eigenvalue weighted by Gasteiger charge is -2.34. The van der Waals surface area contributed by atoms with Gasteiger partial charge in [-0.25, -0.2) is 0 Å². The van der Waals surface area contributed by atoms with Crippen molar-refractivity contribution in [3.8, 4) is 0 Å². The van der Waals surface area contributed by atoms with E-state index < -0.39 is 0 Å². The highest BCUT2D eigenvalue weighted by Gasteiger charge is 2.28. The van der Waals surface area contributed by atoms with E-state index in [1.807, 2.05) is 33.4 Å². The summed E-state index contributed by atoms with van der Waals surface area (Å²) >= 11 is 1.49. The Kier molecular flexibility index (Phi) is 5.04. The van der Waals surface area contributed by atoms with Gasteiger partial charge >= 0.3 is 0 Å². The highest BCUT2D eigenvalue weighted by molar-refractivity contribution is 7.12. The van der Waals surface area contributed by atoms with Gasteiger partial charge in [0.05, 0.1) is 31.1 Å². The summed E-state index contributed by atoms with van der Waals surface area (Å²) in [4.78, 5) is 31.1. The maximum Gasteiger partial charge on any atom is 0.278 e. The maximum atomic E-state index is 12.7. The van der Waals surface area contributed by atoms with Gasteiger partial charge in [-0.1, -0.05) is 30.3 Å². The molecular weight excluding hydrogens is 346 g/mol. The summed E-state index contributed by atoms with van der Waals surface area (Å²) in [6.45, 7) is 5.20. The number of amides is 2. The molecule has 6 heteroatoms. The molecule has 2 aliphatic heterocycles. The summed E-state index contributed by atoms with van der Waals surface area (Å²) in [6, 6.07) is 12.2. The Morgan fingerprint density at radius 3 is 2.46 bits per heavy atom. The van der Waals surface area contributed by atoms with Crippen LogP contribution in [0.15, 0.2) is 41.8 Å². The number of nitrogens with one attached hydrogen (secondary N) is 1. The van der Waals surface area contributed by atoms with Crippen LogP contribution in [0.3, 0.4) is 0 Å². The summed E-state index contributed by atoms with van der Waals surface area (Å²) in [5.41, 5.74) is 2.64. The van der Waals surface area contributed by atoms with Crippen LogP contribution < -0.4 is 4.90 Å². The van der Waals surface area contributed by atoms with Crippen LogP contribution in [0.1, 0.15) is 20.8 Å². The zero-order valence-electron chi connectivity index (χ0n) is 14.8. The van der Waals surface area contributed by atoms with Crippen LogP contribution in [0.4, 0.5) is 0 Å². The highest BCUT2D eigenvalue weighted by atomic mass is 32.1. The average molecular weight is 370 g/mol. The minimum Gasteiger partial charge on any atom is -0.333 e. The first kappa shape index (κ1) is 17.2. The Balaban J connectivity index is 1.28. The molecule has 1 saturated heterocycles. The number of thiophene rings is 1. The lowest BCUT2D eigenvalue weighted by atomic mass is 10.00. The first-order chi connectivity index (χ1) is 12.7. The predicted molar refractivity (Wildman–Crippen MR) is 101 cm³/mol. The predicted octanol–water partition coefficient (Wildman–Crippen LogP) is 0.674. The van der Waals surface area contributed by atoms with Crippen molar-refractivity contribution in [2.45, 2.75) is 13.0 Å². The van der Waals surface area contributed by atoms with Crippen molar-refractivity contribution >= 4 is 23.2 Å². The van der Waals surface area contributed by atoms with E-state index in [0.717, 1.165) is 50.6 Å². The third-order valence-electron chi connectivity index (χ3n) is 5.37. The van der Waals surface area contributed by atoms with E-state index in [9.17, 15) is 9.59 Å². The summed E-state index contributed by atoms with van der Waals surface area (Å²) in [5, 5.41) is 1.93. The molecule has 1 aromatic carbocycles. The van der Waals surface area contributed by atoms with E-state index in [-0.39, 0.29) is 11.8 Å². The van der Waals surface area contributed by atoms with E-state index in [4.69, 9.17) is 0 Å². The van der Waals surface area contributed by atoms with Gasteiger partial charge in [-0.3, -0.25) is 9.59 Å². The Hall–Kier alpha value is -2.18. The van der Waals surface area contributed by atoms with Crippen LogP contribution in [0.25, 0.3) is 0 Å². The fraction of sp³-hybridized carbons (Fsp3) is 0.400. The van der Waals surface area contributed by atoms with E-state index in [0.29, 0.717) is 6.54 Å². The summed E-state index contributed by atoms with van der Waals surface area (Å²) in [5.74, 6) is 0.352. The Morgan fingerprint density at radius 1 is 0.962 bits per heavy atom. The Labute approximate surface area is 157 Å². The van der Waals surface area contributed by atoms with Crippen LogP contribution >= 0.6 is 11.3 Å². The number of carbonyl (C=O) groups excluding carboxylic acids is 2. The minimum atomic E-state index is 0.123. The van der Waals surface area contributed by atoms with Crippen molar-refractivity contribution < 1.29 is 14.5 Å². The molecule has 1 aromatic heterocycles. The normalized spacial score (nSPS) is 17.8. The van der Waals surface area contributed by atoms with E-state index in [1.54, 1.807) is 0 Å². The second kappa shape index (κ2) is 7.60. The molecular formula is C20H24N3O2S+. The molecule has 0 radical (unpaired) electrons. The van der Waals surface area contributed by atoms with Gasteiger partial charge in [0, 0.05) is 13.1 Å². The van der Waals surface area contributed by atoms with Crippen LogP contribution in [0.5, 0.6) is 0 Å². The fourth-order valence-corrected chi connectivity index (χ4v) is 4.48. The highest BCUT2D eigenvalue weighted by Crippen LogP contribution is 2.18. The van der Waals surface area contributed by atoms with Crippen molar-refractivity contribution in [2.75, 3.05) is 39.3 Å². The lowest BCUT2D eigenvalue weighted by molar-refractivity contribution is -0.896. The quantitative estimate of drug-likeness (QED) is 0.863. The van der Waals surface area contributed by atoms with Gasteiger partial charge in [0.15, 0.2) is 6.54 Å². The van der Waals surface area contributed by atoms with Gasteiger partial charge < -0.3 is 14.7 Å². The molecule has 0 aliphatic carbocycles. The second-order valence-corrected chi connectivity index (χ2v) is 7.98. The Bertz CT molecular complexity index is 782. The number of benzene rings is 1. The third-order valence-corrected chi connectivity index (χ3v) is 6.23. The minimum absolute atomic E-state index is 0.123. The molecule has 0 atom stereocenters. The molecule has 0 spiro atoms. The fourth-order valence-electron chi connectivity index (χ4n) is 3.79. The molecule has 2 aliphatic rings. The van der Waals surface area contributed by atoms with E-state index in [2.05, 4.69) is 18.2 Å². The number of fused-ring (bicyclic) bond motifs is 1. The van der Waals surface area contributed by atoms with Crippen LogP contribution in [-0.2, 0) is 17.8 Å². The molecule has 0 unspecified atom stereocenters. The number of nitrogens with zero attached hydrogens (tertiary/aromatic N) is 2. The summed E-state index contributed by atoms with van der Waals surface area (Å²) in [7, 11) is 0. The van der Waals surface area contributed by atoms with Gasteiger partial charge in [-0.05, 0) is 29.0 Å². The molecule has 4 rings (SSSR count). The molecule has 1 N–H and O–H groups in total. The van der Waals surface area contributed by atoms with Crippen LogP contribution in [0, 0.1) is 0 Å². The largest absolute Gasteiger partial charge is 0.333 e. The van der Waals surface area contributed by atoms with Crippen molar-refractivity contribution in [2.24, 2.45) is 0 Å². The number of carbonyl (C=O) groups is 2. The smallest absolute Gasteiger partial charge is 0.278 e. The molecule has 3 heterocycles. The molecule has 1 fully saturated rings. The molecule has 0 saturated carbocycles. The molecule has 2 aromatic rings. The number of piperazine rings is 1. The van der Waals surface area contributed by atoms with Crippen molar-refractivity contribution in [1.82, 2.24) is 9.80 Å². The number of rotatable bonds is 3. The maximum absolute atomic E-state index is 12.7. The van der Waals surface area contributed by atoms with Gasteiger partial charge in [0.1, 0.15) is 0 Å². The topological polar surface area (TPSA) is 45.1 Å². The summed E-state index contributed by atoms with van der Waals surface area (Å²) < 4.78 is 0. The molecule has 5 nitrogen and oxygen atoms in total. The second-order valence-electron chi connectivity index (χ2n) is 7.03. The van der Waals surface area contributed by atoms with Gasteiger partial charge in [-0.2, -0.15) is 0 Å². The van der Waals surface area contributed by atoms with Gasteiger partial charge in [-0.15, -0.1) is 11.3 Å². The molecule has 2 amide bonds. The van der Waals surface area contributed by atoms with E-state index >= 15 is 0 Å². The first-order valence-corrected chi connectivity index (χ1v) is 10.1. The van der Waals surface area contributed by atoms with Crippen molar-refractivity contribution in [1.29, 1.82) is 0 Å². The number of hydrogen-bond acceptors (Lipinski definition) is 3. The van der Waals surface area contributed by atoms with E-state index in [1.165, 1.54) is 27.4 Å². The SMILES string of the molecule is O=C(C[NH+]1CCN(C(=O)c2cccs2)CC1)N1CCc2ccccc2C1. The van der Waals surface area contributed by atoms with Crippen molar-refractivity contribution in [3.05, 3.63) is 57.8 Å². The summed E-state index contributed by atoms with van der Waals surface area (Å²) in [6.07, 6.45) is 0.945. The third kappa shape index (κ3) is 3.66. The van der Waals surface area contributed by atoms with Gasteiger partial charge in [0.25, 0.3) is 11.8 Å². The molecule has 136 valence electrons. The first-order valence-electron chi connectivity index (χ1n) is 9.21. The Morgan fingerprint density at radius 2 is 1.73 bits per heavy atom. The monoisotopic (exact) mass is 370 g/mol. The van der Waals surface area contributed by atoms with Crippen molar-refractivity contribution in [3.63, 3.8) is 0 Å². The number of hydrogen-bond donors (Lipinski definition) is 1. The zero-order chi connectivity index (χ0) is 17.9.